The van der Waals surface area contributed by atoms with Crippen LogP contribution in [0.15, 0.2) is 5.38 Å². The highest BCUT2D eigenvalue weighted by atomic mass is 32.1. The van der Waals surface area contributed by atoms with Gasteiger partial charge in [0.15, 0.2) is 0 Å². The van der Waals surface area contributed by atoms with Gasteiger partial charge in [0.25, 0.3) is 0 Å². The highest BCUT2D eigenvalue weighted by Gasteiger charge is 2.28. The molecule has 1 aromatic rings. The molecule has 0 spiro atoms. The van der Waals surface area contributed by atoms with E-state index in [1.54, 1.807) is 11.3 Å². The molecule has 3 nitrogen and oxygen atoms in total. The number of aromatic nitrogens is 1. The minimum Gasteiger partial charge on any atom is -0.324 e. The molecule has 0 saturated heterocycles. The van der Waals surface area contributed by atoms with Gasteiger partial charge in [-0.2, -0.15) is 0 Å². The van der Waals surface area contributed by atoms with Gasteiger partial charge >= 0.3 is 0 Å². The van der Waals surface area contributed by atoms with Gasteiger partial charge in [-0.05, 0) is 19.8 Å². The number of nitrogens with zero attached hydrogens (tertiary/aromatic N) is 1. The molecule has 1 aliphatic carbocycles. The Kier molecular flexibility index (Phi) is 3.95. The Morgan fingerprint density at radius 1 is 1.50 bits per heavy atom. The van der Waals surface area contributed by atoms with Gasteiger partial charge in [-0.3, -0.25) is 0 Å². The van der Waals surface area contributed by atoms with Crippen LogP contribution in [0.1, 0.15) is 36.4 Å². The second kappa shape index (κ2) is 5.25. The molecule has 1 saturated carbocycles. The van der Waals surface area contributed by atoms with Crippen molar-refractivity contribution in [1.29, 1.82) is 0 Å². The standard InChI is InChI=1S/C12H21N3S/c1-10-8-16-11(15-10)4-7-14-9-12(13)5-2-3-6-12/h8,14H,2-7,9,13H2,1H3. The largest absolute Gasteiger partial charge is 0.324 e. The van der Waals surface area contributed by atoms with E-state index in [2.05, 4.69) is 15.7 Å². The lowest BCUT2D eigenvalue weighted by atomic mass is 9.99. The molecule has 3 N–H and O–H groups in total. The van der Waals surface area contributed by atoms with Crippen molar-refractivity contribution in [3.8, 4) is 0 Å². The van der Waals surface area contributed by atoms with Crippen LogP contribution in [0.4, 0.5) is 0 Å². The van der Waals surface area contributed by atoms with Crippen molar-refractivity contribution in [2.45, 2.75) is 44.6 Å². The predicted molar refractivity (Wildman–Crippen MR) is 68.8 cm³/mol. The number of nitrogens with two attached hydrogens (primary N) is 1. The van der Waals surface area contributed by atoms with Crippen LogP contribution in [-0.4, -0.2) is 23.6 Å². The average Bonchev–Trinajstić information content (AvgIpc) is 2.84. The molecule has 0 amide bonds. The molecule has 0 aliphatic heterocycles. The van der Waals surface area contributed by atoms with E-state index in [0.717, 1.165) is 25.2 Å². The summed E-state index contributed by atoms with van der Waals surface area (Å²) in [5, 5.41) is 6.80. The van der Waals surface area contributed by atoms with E-state index in [1.165, 1.54) is 30.7 Å². The predicted octanol–water partition coefficient (Wildman–Crippen LogP) is 1.86. The molecule has 90 valence electrons. The van der Waals surface area contributed by atoms with Crippen LogP contribution in [-0.2, 0) is 6.42 Å². The maximum Gasteiger partial charge on any atom is 0.0940 e. The fourth-order valence-corrected chi connectivity index (χ4v) is 3.08. The van der Waals surface area contributed by atoms with Crippen LogP contribution in [0.5, 0.6) is 0 Å². The zero-order chi connectivity index (χ0) is 11.4. The van der Waals surface area contributed by atoms with Gasteiger partial charge < -0.3 is 11.1 Å². The maximum atomic E-state index is 6.27. The fourth-order valence-electron chi connectivity index (χ4n) is 2.31. The van der Waals surface area contributed by atoms with E-state index >= 15 is 0 Å². The second-order valence-corrected chi connectivity index (χ2v) is 5.82. The Balaban J connectivity index is 1.65. The quantitative estimate of drug-likeness (QED) is 0.771. The van der Waals surface area contributed by atoms with Crippen molar-refractivity contribution < 1.29 is 0 Å². The van der Waals surface area contributed by atoms with Crippen molar-refractivity contribution in [2.24, 2.45) is 5.73 Å². The first kappa shape index (κ1) is 12.0. The van der Waals surface area contributed by atoms with Gasteiger partial charge in [-0.15, -0.1) is 11.3 Å². The van der Waals surface area contributed by atoms with Crippen molar-refractivity contribution in [3.05, 3.63) is 16.1 Å². The zero-order valence-corrected chi connectivity index (χ0v) is 10.8. The number of hydrogen-bond donors (Lipinski definition) is 2. The normalized spacial score (nSPS) is 19.1. The highest BCUT2D eigenvalue weighted by Crippen LogP contribution is 2.26. The van der Waals surface area contributed by atoms with Crippen molar-refractivity contribution in [2.75, 3.05) is 13.1 Å². The van der Waals surface area contributed by atoms with Crippen LogP contribution in [0.3, 0.4) is 0 Å². The number of aryl methyl sites for hydroxylation is 1. The summed E-state index contributed by atoms with van der Waals surface area (Å²) >= 11 is 1.75. The first-order chi connectivity index (χ1) is 7.68. The van der Waals surface area contributed by atoms with Gasteiger partial charge in [-0.1, -0.05) is 12.8 Å². The summed E-state index contributed by atoms with van der Waals surface area (Å²) < 4.78 is 0. The van der Waals surface area contributed by atoms with Crippen LogP contribution in [0, 0.1) is 6.92 Å². The van der Waals surface area contributed by atoms with E-state index in [1.807, 2.05) is 6.92 Å². The topological polar surface area (TPSA) is 50.9 Å². The fraction of sp³-hybridized carbons (Fsp3) is 0.750. The molecule has 1 fully saturated rings. The van der Waals surface area contributed by atoms with E-state index in [4.69, 9.17) is 5.73 Å². The molecule has 1 heterocycles. The van der Waals surface area contributed by atoms with Crippen molar-refractivity contribution in [1.82, 2.24) is 10.3 Å². The van der Waals surface area contributed by atoms with Gasteiger partial charge in [0.1, 0.15) is 0 Å². The molecular weight excluding hydrogens is 218 g/mol. The van der Waals surface area contributed by atoms with Crippen LogP contribution in [0.2, 0.25) is 0 Å². The molecule has 0 atom stereocenters. The Bertz CT molecular complexity index is 329. The molecule has 1 aromatic heterocycles. The lowest BCUT2D eigenvalue weighted by molar-refractivity contribution is 0.406. The van der Waals surface area contributed by atoms with Gasteiger partial charge in [0.05, 0.1) is 5.01 Å². The first-order valence-corrected chi connectivity index (χ1v) is 6.97. The molecule has 4 heteroatoms. The third-order valence-corrected chi connectivity index (χ3v) is 4.29. The Morgan fingerprint density at radius 3 is 2.88 bits per heavy atom. The minimum atomic E-state index is 0.0682. The lowest BCUT2D eigenvalue weighted by Gasteiger charge is -2.23. The Labute approximate surface area is 101 Å². The molecule has 2 rings (SSSR count). The summed E-state index contributed by atoms with van der Waals surface area (Å²) in [6, 6.07) is 0. The van der Waals surface area contributed by atoms with Crippen LogP contribution >= 0.6 is 11.3 Å². The van der Waals surface area contributed by atoms with E-state index < -0.39 is 0 Å². The van der Waals surface area contributed by atoms with E-state index in [-0.39, 0.29) is 5.54 Å². The first-order valence-electron chi connectivity index (χ1n) is 6.09. The van der Waals surface area contributed by atoms with Crippen LogP contribution in [0.25, 0.3) is 0 Å². The minimum absolute atomic E-state index is 0.0682. The summed E-state index contributed by atoms with van der Waals surface area (Å²) in [6.07, 6.45) is 5.97. The highest BCUT2D eigenvalue weighted by molar-refractivity contribution is 7.09. The smallest absolute Gasteiger partial charge is 0.0940 e. The van der Waals surface area contributed by atoms with E-state index in [9.17, 15) is 0 Å². The summed E-state index contributed by atoms with van der Waals surface area (Å²) in [5.41, 5.74) is 7.47. The number of rotatable bonds is 5. The summed E-state index contributed by atoms with van der Waals surface area (Å²) in [4.78, 5) is 4.44. The Hall–Kier alpha value is -0.450. The SMILES string of the molecule is Cc1csc(CCNCC2(N)CCCC2)n1. The lowest BCUT2D eigenvalue weighted by Crippen LogP contribution is -2.46. The second-order valence-electron chi connectivity index (χ2n) is 4.88. The Morgan fingerprint density at radius 2 is 2.25 bits per heavy atom. The number of thiazole rings is 1. The third kappa shape index (κ3) is 3.27. The number of hydrogen-bond acceptors (Lipinski definition) is 4. The molecule has 16 heavy (non-hydrogen) atoms. The molecule has 0 bridgehead atoms. The van der Waals surface area contributed by atoms with Gasteiger partial charge in [0, 0.05) is 36.1 Å². The molecule has 1 aliphatic rings. The van der Waals surface area contributed by atoms with Crippen molar-refractivity contribution in [3.63, 3.8) is 0 Å². The molecule has 0 radical (unpaired) electrons. The molecular formula is C12H21N3S. The summed E-state index contributed by atoms with van der Waals surface area (Å²) in [5.74, 6) is 0. The van der Waals surface area contributed by atoms with Gasteiger partial charge in [0.2, 0.25) is 0 Å². The molecule has 0 unspecified atom stereocenters. The van der Waals surface area contributed by atoms with Crippen molar-refractivity contribution >= 4 is 11.3 Å². The summed E-state index contributed by atoms with van der Waals surface area (Å²) in [7, 11) is 0. The molecule has 0 aromatic carbocycles. The van der Waals surface area contributed by atoms with E-state index in [0.29, 0.717) is 0 Å². The monoisotopic (exact) mass is 239 g/mol. The van der Waals surface area contributed by atoms with Gasteiger partial charge in [-0.25, -0.2) is 4.98 Å². The maximum absolute atomic E-state index is 6.27. The summed E-state index contributed by atoms with van der Waals surface area (Å²) in [6.45, 7) is 3.99. The number of nitrogens with one attached hydrogen (secondary N) is 1. The third-order valence-electron chi connectivity index (χ3n) is 3.26. The van der Waals surface area contributed by atoms with Crippen LogP contribution < -0.4 is 11.1 Å². The zero-order valence-electron chi connectivity index (χ0n) is 9.96. The average molecular weight is 239 g/mol.